The maximum absolute atomic E-state index is 14.9. The molecule has 0 spiro atoms. The normalized spacial score (nSPS) is 20.4. The Morgan fingerprint density at radius 2 is 2.03 bits per heavy atom. The van der Waals surface area contributed by atoms with E-state index in [2.05, 4.69) is 11.4 Å². The molecule has 0 bridgehead atoms. The number of nitriles is 1. The summed E-state index contributed by atoms with van der Waals surface area (Å²) >= 11 is 1.56. The average Bonchev–Trinajstić information content (AvgIpc) is 3.25. The van der Waals surface area contributed by atoms with Crippen molar-refractivity contribution in [2.75, 3.05) is 33.2 Å². The molecule has 7 heteroatoms. The second kappa shape index (κ2) is 10.2. The van der Waals surface area contributed by atoms with Crippen LogP contribution in [0.25, 0.3) is 0 Å². The van der Waals surface area contributed by atoms with E-state index in [1.54, 1.807) is 32.0 Å². The molecule has 0 aromatic heterocycles. The number of nitrogens with zero attached hydrogens (tertiary/aromatic N) is 1. The highest BCUT2D eigenvalue weighted by atomic mass is 32.2. The van der Waals surface area contributed by atoms with Gasteiger partial charge in [0.2, 0.25) is 0 Å². The fraction of sp³-hybridized carbons (Fsp3) is 0.435. The van der Waals surface area contributed by atoms with E-state index in [0.29, 0.717) is 42.6 Å². The third-order valence-corrected chi connectivity index (χ3v) is 6.89. The van der Waals surface area contributed by atoms with E-state index in [-0.39, 0.29) is 17.0 Å². The molecule has 1 aliphatic rings. The van der Waals surface area contributed by atoms with Gasteiger partial charge in [0, 0.05) is 40.4 Å². The molecule has 2 aromatic rings. The molecular formula is C23H27FN2O3S. The number of benzene rings is 2. The van der Waals surface area contributed by atoms with Crippen molar-refractivity contribution in [3.63, 3.8) is 0 Å². The smallest absolute Gasteiger partial charge is 0.128 e. The Bertz CT molecular complexity index is 904. The molecule has 0 unspecified atom stereocenters. The third-order valence-electron chi connectivity index (χ3n) is 5.71. The van der Waals surface area contributed by atoms with E-state index >= 15 is 0 Å². The number of hydrogen-bond acceptors (Lipinski definition) is 6. The molecule has 1 N–H and O–H groups in total. The molecule has 160 valence electrons. The fourth-order valence-corrected chi connectivity index (χ4v) is 5.03. The van der Waals surface area contributed by atoms with Crippen molar-refractivity contribution >= 4 is 11.8 Å². The third kappa shape index (κ3) is 4.72. The summed E-state index contributed by atoms with van der Waals surface area (Å²) < 4.78 is 31.5. The van der Waals surface area contributed by atoms with Gasteiger partial charge in [0.15, 0.2) is 0 Å². The Kier molecular flexibility index (Phi) is 7.59. The largest absolute Gasteiger partial charge is 0.497 e. The van der Waals surface area contributed by atoms with Crippen LogP contribution in [0, 0.1) is 23.1 Å². The van der Waals surface area contributed by atoms with Gasteiger partial charge in [-0.05, 0) is 19.1 Å². The van der Waals surface area contributed by atoms with Crippen molar-refractivity contribution in [2.24, 2.45) is 5.92 Å². The lowest BCUT2D eigenvalue weighted by Gasteiger charge is -2.39. The molecule has 5 nitrogen and oxygen atoms in total. The van der Waals surface area contributed by atoms with Gasteiger partial charge in [-0.2, -0.15) is 5.26 Å². The summed E-state index contributed by atoms with van der Waals surface area (Å²) in [6, 6.07) is 14.7. The number of halogens is 1. The van der Waals surface area contributed by atoms with Gasteiger partial charge in [-0.3, -0.25) is 0 Å². The summed E-state index contributed by atoms with van der Waals surface area (Å²) in [6.45, 7) is 3.54. The minimum atomic E-state index is -0.695. The minimum absolute atomic E-state index is 0.00278. The summed E-state index contributed by atoms with van der Waals surface area (Å²) in [5, 5.41) is 12.7. The highest BCUT2D eigenvalue weighted by Crippen LogP contribution is 2.41. The lowest BCUT2D eigenvalue weighted by molar-refractivity contribution is 0.149. The molecule has 1 aliphatic heterocycles. The number of ether oxygens (including phenoxy) is 3. The quantitative estimate of drug-likeness (QED) is 0.646. The lowest BCUT2D eigenvalue weighted by Crippen LogP contribution is -2.49. The zero-order chi connectivity index (χ0) is 21.6. The number of rotatable bonds is 9. The van der Waals surface area contributed by atoms with Crippen LogP contribution in [0.1, 0.15) is 18.1 Å². The van der Waals surface area contributed by atoms with E-state index in [1.165, 1.54) is 6.07 Å². The van der Waals surface area contributed by atoms with Gasteiger partial charge < -0.3 is 19.5 Å². The molecule has 1 heterocycles. The highest BCUT2D eigenvalue weighted by molar-refractivity contribution is 8.00. The minimum Gasteiger partial charge on any atom is -0.497 e. The fourth-order valence-electron chi connectivity index (χ4n) is 3.97. The number of methoxy groups -OCH3 is 2. The van der Waals surface area contributed by atoms with E-state index in [9.17, 15) is 4.39 Å². The van der Waals surface area contributed by atoms with Crippen molar-refractivity contribution < 1.29 is 18.6 Å². The maximum atomic E-state index is 14.9. The second-order valence-corrected chi connectivity index (χ2v) is 8.59. The summed E-state index contributed by atoms with van der Waals surface area (Å²) in [5.74, 6) is 1.53. The molecule has 2 aromatic carbocycles. The van der Waals surface area contributed by atoms with Gasteiger partial charge in [-0.1, -0.05) is 24.3 Å². The Morgan fingerprint density at radius 3 is 2.73 bits per heavy atom. The highest BCUT2D eigenvalue weighted by Gasteiger charge is 2.45. The molecule has 1 fully saturated rings. The predicted molar refractivity (Wildman–Crippen MR) is 116 cm³/mol. The summed E-state index contributed by atoms with van der Waals surface area (Å²) in [7, 11) is 3.23. The first-order valence-electron chi connectivity index (χ1n) is 9.80. The van der Waals surface area contributed by atoms with Crippen LogP contribution in [0.4, 0.5) is 4.39 Å². The summed E-state index contributed by atoms with van der Waals surface area (Å²) in [6.07, 6.45) is 0. The second-order valence-electron chi connectivity index (χ2n) is 7.37. The molecule has 0 radical (unpaired) electrons. The first kappa shape index (κ1) is 22.4. The molecule has 0 amide bonds. The van der Waals surface area contributed by atoms with Gasteiger partial charge in [-0.15, -0.1) is 11.8 Å². The van der Waals surface area contributed by atoms with Crippen molar-refractivity contribution in [2.45, 2.75) is 24.3 Å². The van der Waals surface area contributed by atoms with Crippen molar-refractivity contribution in [1.29, 1.82) is 5.26 Å². The summed E-state index contributed by atoms with van der Waals surface area (Å²) in [4.78, 5) is 0. The van der Waals surface area contributed by atoms with Gasteiger partial charge in [0.05, 0.1) is 39.3 Å². The van der Waals surface area contributed by atoms with Crippen LogP contribution in [0.3, 0.4) is 0 Å². The molecule has 30 heavy (non-hydrogen) atoms. The maximum Gasteiger partial charge on any atom is 0.128 e. The van der Waals surface area contributed by atoms with E-state index in [0.717, 1.165) is 5.56 Å². The molecule has 0 aliphatic carbocycles. The molecule has 3 atom stereocenters. The van der Waals surface area contributed by atoms with E-state index in [4.69, 9.17) is 19.5 Å². The number of nitrogens with one attached hydrogen (secondary N) is 1. The van der Waals surface area contributed by atoms with Crippen LogP contribution in [0.5, 0.6) is 11.5 Å². The van der Waals surface area contributed by atoms with Gasteiger partial charge in [-0.25, -0.2) is 4.39 Å². The standard InChI is InChI=1S/C23H27FN2O3S/c1-23(18-6-4-5-7-20(18)24,19-14-29-15-22(19)30-11-10-25)26-13-16-8-9-17(27-2)12-21(16)28-3/h4-9,12,19,22,26H,11,13-15H2,1-3H3/t19-,22-,23+/m0/s1. The average molecular weight is 431 g/mol. The van der Waals surface area contributed by atoms with Crippen LogP contribution in [-0.2, 0) is 16.8 Å². The lowest BCUT2D eigenvalue weighted by atomic mass is 9.78. The van der Waals surface area contributed by atoms with Crippen LogP contribution in [-0.4, -0.2) is 38.4 Å². The monoisotopic (exact) mass is 430 g/mol. The Balaban J connectivity index is 1.93. The first-order valence-corrected chi connectivity index (χ1v) is 10.9. The number of hydrogen-bond donors (Lipinski definition) is 1. The zero-order valence-corrected chi connectivity index (χ0v) is 18.3. The van der Waals surface area contributed by atoms with E-state index < -0.39 is 5.54 Å². The van der Waals surface area contributed by atoms with Crippen LogP contribution >= 0.6 is 11.8 Å². The van der Waals surface area contributed by atoms with Crippen molar-refractivity contribution in [3.8, 4) is 17.6 Å². The molecule has 0 saturated carbocycles. The number of thioether (sulfide) groups is 1. The SMILES string of the molecule is COc1ccc(CN[C@](C)(c2ccccc2F)[C@H]2COC[C@@H]2SCC#N)c(OC)c1. The Morgan fingerprint density at radius 1 is 1.23 bits per heavy atom. The predicted octanol–water partition coefficient (Wildman–Crippen LogP) is 4.12. The first-order chi connectivity index (χ1) is 14.5. The van der Waals surface area contributed by atoms with Crippen LogP contribution in [0.15, 0.2) is 42.5 Å². The van der Waals surface area contributed by atoms with Crippen molar-refractivity contribution in [1.82, 2.24) is 5.32 Å². The topological polar surface area (TPSA) is 63.5 Å². The van der Waals surface area contributed by atoms with Gasteiger partial charge >= 0.3 is 0 Å². The van der Waals surface area contributed by atoms with Crippen molar-refractivity contribution in [3.05, 3.63) is 59.4 Å². The molecular weight excluding hydrogens is 403 g/mol. The Labute approximate surface area is 181 Å². The summed E-state index contributed by atoms with van der Waals surface area (Å²) in [5.41, 5.74) is 0.844. The Hall–Kier alpha value is -2.27. The van der Waals surface area contributed by atoms with Crippen LogP contribution in [0.2, 0.25) is 0 Å². The van der Waals surface area contributed by atoms with E-state index in [1.807, 2.05) is 37.3 Å². The van der Waals surface area contributed by atoms with Gasteiger partial charge in [0.25, 0.3) is 0 Å². The molecule has 3 rings (SSSR count). The van der Waals surface area contributed by atoms with Gasteiger partial charge in [0.1, 0.15) is 17.3 Å². The zero-order valence-electron chi connectivity index (χ0n) is 17.5. The van der Waals surface area contributed by atoms with Crippen LogP contribution < -0.4 is 14.8 Å². The molecule has 1 saturated heterocycles.